The number of allylic oxidation sites excluding steroid dienone is 2. The zero-order valence-corrected chi connectivity index (χ0v) is 6.88. The van der Waals surface area contributed by atoms with Gasteiger partial charge in [-0.3, -0.25) is 4.79 Å². The van der Waals surface area contributed by atoms with Gasteiger partial charge in [0, 0.05) is 6.20 Å². The average molecular weight is 202 g/mol. The summed E-state index contributed by atoms with van der Waals surface area (Å²) in [7, 11) is 0. The fraction of sp³-hybridized carbons (Fsp3) is 0.250. The highest BCUT2D eigenvalue weighted by Gasteiger charge is 2.35. The third kappa shape index (κ3) is 1.43. The van der Waals surface area contributed by atoms with Gasteiger partial charge in [-0.05, 0) is 12.2 Å². The van der Waals surface area contributed by atoms with Crippen molar-refractivity contribution in [1.82, 2.24) is 4.90 Å². The van der Waals surface area contributed by atoms with Crippen molar-refractivity contribution < 1.29 is 18.0 Å². The second-order valence-electron chi connectivity index (χ2n) is 2.90. The minimum absolute atomic E-state index is 0.0213. The first-order valence-electron chi connectivity index (χ1n) is 3.82. The van der Waals surface area contributed by atoms with E-state index in [-0.39, 0.29) is 12.4 Å². The number of amides is 1. The fourth-order valence-electron chi connectivity index (χ4n) is 1.23. The van der Waals surface area contributed by atoms with Crippen LogP contribution in [0.2, 0.25) is 0 Å². The van der Waals surface area contributed by atoms with Crippen molar-refractivity contribution in [3.8, 4) is 0 Å². The molecule has 3 nitrogen and oxygen atoms in total. The fourth-order valence-corrected chi connectivity index (χ4v) is 1.23. The molecule has 6 heteroatoms. The molecule has 2 rings (SSSR count). The van der Waals surface area contributed by atoms with Crippen molar-refractivity contribution in [2.24, 2.45) is 4.99 Å². The van der Waals surface area contributed by atoms with E-state index in [1.165, 1.54) is 11.1 Å². The molecule has 0 saturated heterocycles. The molecule has 0 fully saturated rings. The van der Waals surface area contributed by atoms with Gasteiger partial charge in [-0.1, -0.05) is 0 Å². The Balaban J connectivity index is 2.34. The summed E-state index contributed by atoms with van der Waals surface area (Å²) >= 11 is 0. The van der Waals surface area contributed by atoms with Gasteiger partial charge < -0.3 is 4.90 Å². The molecule has 2 aliphatic heterocycles. The van der Waals surface area contributed by atoms with Crippen LogP contribution in [-0.4, -0.2) is 29.4 Å². The molecule has 0 aliphatic carbocycles. The van der Waals surface area contributed by atoms with E-state index in [0.717, 1.165) is 12.2 Å². The smallest absolute Gasteiger partial charge is 0.323 e. The van der Waals surface area contributed by atoms with Gasteiger partial charge in [0.2, 0.25) is 0 Å². The molecule has 0 N–H and O–H groups in total. The van der Waals surface area contributed by atoms with Crippen molar-refractivity contribution in [1.29, 1.82) is 0 Å². The Kier molecular flexibility index (Phi) is 1.73. The van der Waals surface area contributed by atoms with Crippen molar-refractivity contribution in [3.05, 3.63) is 23.9 Å². The SMILES string of the molecule is O=C1CN2C=CC(C(F)(F)F)=CC2=N1. The van der Waals surface area contributed by atoms with Gasteiger partial charge in [-0.2, -0.15) is 18.2 Å². The van der Waals surface area contributed by atoms with Gasteiger partial charge in [-0.25, -0.2) is 0 Å². The van der Waals surface area contributed by atoms with Gasteiger partial charge in [0.15, 0.2) is 0 Å². The predicted molar refractivity (Wildman–Crippen MR) is 42.4 cm³/mol. The summed E-state index contributed by atoms with van der Waals surface area (Å²) in [6, 6.07) is 0. The summed E-state index contributed by atoms with van der Waals surface area (Å²) in [5, 5.41) is 0. The number of nitrogens with zero attached hydrogens (tertiary/aromatic N) is 2. The second kappa shape index (κ2) is 2.70. The average Bonchev–Trinajstić information content (AvgIpc) is 2.41. The zero-order chi connectivity index (χ0) is 10.3. The van der Waals surface area contributed by atoms with Crippen molar-refractivity contribution in [2.75, 3.05) is 6.54 Å². The van der Waals surface area contributed by atoms with E-state index in [1.54, 1.807) is 0 Å². The monoisotopic (exact) mass is 202 g/mol. The number of carbonyl (C=O) groups excluding carboxylic acids is 1. The van der Waals surface area contributed by atoms with Crippen LogP contribution in [0.4, 0.5) is 13.2 Å². The number of fused-ring (bicyclic) bond motifs is 1. The first-order valence-corrected chi connectivity index (χ1v) is 3.82. The van der Waals surface area contributed by atoms with Gasteiger partial charge in [0.25, 0.3) is 5.91 Å². The van der Waals surface area contributed by atoms with Crippen molar-refractivity contribution >= 4 is 11.7 Å². The van der Waals surface area contributed by atoms with E-state index in [1.807, 2.05) is 0 Å². The Morgan fingerprint density at radius 3 is 2.79 bits per heavy atom. The molecule has 74 valence electrons. The van der Waals surface area contributed by atoms with Gasteiger partial charge in [0.05, 0.1) is 5.57 Å². The molecule has 0 aromatic heterocycles. The lowest BCUT2D eigenvalue weighted by Crippen LogP contribution is -2.26. The Morgan fingerprint density at radius 1 is 1.43 bits per heavy atom. The normalized spacial score (nSPS) is 20.8. The molecular weight excluding hydrogens is 197 g/mol. The van der Waals surface area contributed by atoms with E-state index in [2.05, 4.69) is 4.99 Å². The Bertz CT molecular complexity index is 379. The molecule has 2 heterocycles. The molecular formula is C8H5F3N2O. The maximum absolute atomic E-state index is 12.2. The summed E-state index contributed by atoms with van der Waals surface area (Å²) in [6.45, 7) is 0.0213. The van der Waals surface area contributed by atoms with Crippen LogP contribution in [0.5, 0.6) is 0 Å². The quantitative estimate of drug-likeness (QED) is 0.592. The molecule has 1 amide bonds. The largest absolute Gasteiger partial charge is 0.416 e. The van der Waals surface area contributed by atoms with Crippen molar-refractivity contribution in [3.63, 3.8) is 0 Å². The van der Waals surface area contributed by atoms with Crippen LogP contribution < -0.4 is 0 Å². The lowest BCUT2D eigenvalue weighted by molar-refractivity contribution is -0.116. The lowest BCUT2D eigenvalue weighted by Gasteiger charge is -2.18. The third-order valence-corrected chi connectivity index (χ3v) is 1.89. The Morgan fingerprint density at radius 2 is 2.14 bits per heavy atom. The minimum Gasteiger partial charge on any atom is -0.323 e. The Labute approximate surface area is 77.2 Å². The maximum Gasteiger partial charge on any atom is 0.416 e. The van der Waals surface area contributed by atoms with Crippen LogP contribution in [-0.2, 0) is 4.79 Å². The van der Waals surface area contributed by atoms with Gasteiger partial charge in [0.1, 0.15) is 12.4 Å². The summed E-state index contributed by atoms with van der Waals surface area (Å²) < 4.78 is 36.7. The van der Waals surface area contributed by atoms with E-state index in [9.17, 15) is 18.0 Å². The van der Waals surface area contributed by atoms with Crippen LogP contribution in [0.25, 0.3) is 0 Å². The molecule has 14 heavy (non-hydrogen) atoms. The molecule has 0 radical (unpaired) electrons. The number of halogens is 3. The highest BCUT2D eigenvalue weighted by molar-refractivity contribution is 6.08. The third-order valence-electron chi connectivity index (χ3n) is 1.89. The van der Waals surface area contributed by atoms with E-state index < -0.39 is 17.7 Å². The Hall–Kier alpha value is -1.59. The van der Waals surface area contributed by atoms with Crippen LogP contribution in [0, 0.1) is 0 Å². The standard InChI is InChI=1S/C8H5F3N2O/c9-8(10,11)5-1-2-13-4-7(14)12-6(13)3-5/h1-3H,4H2. The molecule has 0 bridgehead atoms. The van der Waals surface area contributed by atoms with E-state index in [0.29, 0.717) is 0 Å². The van der Waals surface area contributed by atoms with Crippen LogP contribution in [0.1, 0.15) is 0 Å². The van der Waals surface area contributed by atoms with Crippen LogP contribution in [0.15, 0.2) is 28.9 Å². The molecule has 2 aliphatic rings. The molecule has 0 atom stereocenters. The lowest BCUT2D eigenvalue weighted by atomic mass is 10.2. The van der Waals surface area contributed by atoms with Crippen LogP contribution in [0.3, 0.4) is 0 Å². The molecule has 0 aromatic rings. The zero-order valence-electron chi connectivity index (χ0n) is 6.88. The van der Waals surface area contributed by atoms with E-state index in [4.69, 9.17) is 0 Å². The van der Waals surface area contributed by atoms with Gasteiger partial charge >= 0.3 is 6.18 Å². The first kappa shape index (κ1) is 8.98. The van der Waals surface area contributed by atoms with E-state index >= 15 is 0 Å². The number of hydrogen-bond donors (Lipinski definition) is 0. The highest BCUT2D eigenvalue weighted by Crippen LogP contribution is 2.29. The van der Waals surface area contributed by atoms with Crippen molar-refractivity contribution in [2.45, 2.75) is 6.18 Å². The van der Waals surface area contributed by atoms with Crippen LogP contribution >= 0.6 is 0 Å². The number of rotatable bonds is 0. The molecule has 0 unspecified atom stereocenters. The number of alkyl halides is 3. The number of amidine groups is 1. The summed E-state index contributed by atoms with van der Waals surface area (Å²) in [6.07, 6.45) is -1.38. The summed E-state index contributed by atoms with van der Waals surface area (Å²) in [5.74, 6) is -0.367. The number of carbonyl (C=O) groups is 1. The predicted octanol–water partition coefficient (Wildman–Crippen LogP) is 1.24. The van der Waals surface area contributed by atoms with Gasteiger partial charge in [-0.15, -0.1) is 0 Å². The highest BCUT2D eigenvalue weighted by atomic mass is 19.4. The second-order valence-corrected chi connectivity index (χ2v) is 2.90. The summed E-state index contributed by atoms with van der Waals surface area (Å²) in [4.78, 5) is 15.6. The molecule has 0 spiro atoms. The number of aliphatic imine (C=N–C) groups is 1. The topological polar surface area (TPSA) is 32.7 Å². The summed E-state index contributed by atoms with van der Waals surface area (Å²) in [5.41, 5.74) is -0.790. The number of hydrogen-bond acceptors (Lipinski definition) is 2. The maximum atomic E-state index is 12.2. The molecule has 0 aromatic carbocycles. The minimum atomic E-state index is -4.39. The molecule has 0 saturated carbocycles. The first-order chi connectivity index (χ1) is 6.47.